The molecule has 1 aliphatic rings. The van der Waals surface area contributed by atoms with Crippen molar-refractivity contribution in [3.8, 4) is 5.69 Å². The Kier molecular flexibility index (Phi) is 5.19. The van der Waals surface area contributed by atoms with Gasteiger partial charge in [-0.2, -0.15) is 9.40 Å². The van der Waals surface area contributed by atoms with Crippen molar-refractivity contribution in [3.63, 3.8) is 0 Å². The van der Waals surface area contributed by atoms with E-state index in [2.05, 4.69) is 5.10 Å². The van der Waals surface area contributed by atoms with Crippen LogP contribution in [0.1, 0.15) is 19.8 Å². The fourth-order valence-electron chi connectivity index (χ4n) is 2.95. The molecule has 25 heavy (non-hydrogen) atoms. The number of piperidine rings is 1. The standard InChI is InChI=1S/C17H21N3O4S/c1-2-24-17(21)14-5-3-11-19(13-14)25(22,23)16-8-6-15(7-9-16)20-12-4-10-18-20/h4,6-10,12,14H,2-3,5,11,13H2,1H3/t14-/m0/s1. The maximum atomic E-state index is 12.9. The second kappa shape index (κ2) is 7.37. The molecule has 0 unspecified atom stereocenters. The van der Waals surface area contributed by atoms with E-state index in [1.807, 2.05) is 0 Å². The Bertz CT molecular complexity index is 816. The van der Waals surface area contributed by atoms with Crippen LogP contribution in [0.2, 0.25) is 0 Å². The predicted molar refractivity (Wildman–Crippen MR) is 91.7 cm³/mol. The van der Waals surface area contributed by atoms with Crippen LogP contribution in [0.3, 0.4) is 0 Å². The molecular weight excluding hydrogens is 342 g/mol. The smallest absolute Gasteiger partial charge is 0.310 e. The van der Waals surface area contributed by atoms with Crippen LogP contribution >= 0.6 is 0 Å². The normalized spacial score (nSPS) is 18.8. The molecule has 0 radical (unpaired) electrons. The van der Waals surface area contributed by atoms with Crippen molar-refractivity contribution in [2.24, 2.45) is 5.92 Å². The van der Waals surface area contributed by atoms with Crippen molar-refractivity contribution < 1.29 is 17.9 Å². The van der Waals surface area contributed by atoms with Gasteiger partial charge in [0.25, 0.3) is 0 Å². The van der Waals surface area contributed by atoms with Crippen molar-refractivity contribution >= 4 is 16.0 Å². The monoisotopic (exact) mass is 363 g/mol. The lowest BCUT2D eigenvalue weighted by molar-refractivity contribution is -0.149. The molecule has 1 atom stereocenters. The second-order valence-corrected chi connectivity index (χ2v) is 7.84. The van der Waals surface area contributed by atoms with E-state index in [0.717, 1.165) is 5.69 Å². The first kappa shape index (κ1) is 17.6. The maximum Gasteiger partial charge on any atom is 0.310 e. The average molecular weight is 363 g/mol. The minimum absolute atomic E-state index is 0.169. The lowest BCUT2D eigenvalue weighted by Crippen LogP contribution is -2.42. The highest BCUT2D eigenvalue weighted by atomic mass is 32.2. The number of carbonyl (C=O) groups is 1. The van der Waals surface area contributed by atoms with Crippen LogP contribution in [-0.4, -0.2) is 48.2 Å². The molecule has 1 aliphatic heterocycles. The Morgan fingerprint density at radius 2 is 2.08 bits per heavy atom. The quantitative estimate of drug-likeness (QED) is 0.757. The van der Waals surface area contributed by atoms with Crippen LogP contribution < -0.4 is 0 Å². The van der Waals surface area contributed by atoms with E-state index in [1.54, 1.807) is 54.3 Å². The van der Waals surface area contributed by atoms with E-state index in [1.165, 1.54) is 4.31 Å². The summed E-state index contributed by atoms with van der Waals surface area (Å²) in [6.07, 6.45) is 4.75. The van der Waals surface area contributed by atoms with Crippen molar-refractivity contribution in [1.29, 1.82) is 0 Å². The number of rotatable bonds is 5. The number of aromatic nitrogens is 2. The van der Waals surface area contributed by atoms with Crippen LogP contribution in [0, 0.1) is 5.92 Å². The summed E-state index contributed by atoms with van der Waals surface area (Å²) in [5.41, 5.74) is 0.784. The zero-order valence-corrected chi connectivity index (χ0v) is 14.9. The molecule has 0 saturated carbocycles. The lowest BCUT2D eigenvalue weighted by atomic mass is 10.0. The fourth-order valence-corrected chi connectivity index (χ4v) is 4.48. The van der Waals surface area contributed by atoms with Crippen molar-refractivity contribution in [2.75, 3.05) is 19.7 Å². The first-order chi connectivity index (χ1) is 12.0. The summed E-state index contributed by atoms with van der Waals surface area (Å²) in [7, 11) is -3.63. The third-order valence-corrected chi connectivity index (χ3v) is 6.13. The van der Waals surface area contributed by atoms with E-state index in [4.69, 9.17) is 4.74 Å². The molecule has 7 nitrogen and oxygen atoms in total. The van der Waals surface area contributed by atoms with E-state index in [0.29, 0.717) is 26.0 Å². The molecule has 3 rings (SSSR count). The number of esters is 1. The third kappa shape index (κ3) is 3.74. The Balaban J connectivity index is 1.77. The summed E-state index contributed by atoms with van der Waals surface area (Å²) < 4.78 is 33.8. The van der Waals surface area contributed by atoms with E-state index in [9.17, 15) is 13.2 Å². The summed E-state index contributed by atoms with van der Waals surface area (Å²) >= 11 is 0. The molecule has 0 N–H and O–H groups in total. The van der Waals surface area contributed by atoms with E-state index >= 15 is 0 Å². The van der Waals surface area contributed by atoms with Crippen molar-refractivity contribution in [1.82, 2.24) is 14.1 Å². The third-order valence-electron chi connectivity index (χ3n) is 4.25. The number of sulfonamides is 1. The number of carbonyl (C=O) groups excluding carboxylic acids is 1. The summed E-state index contributed by atoms with van der Waals surface area (Å²) in [5, 5.41) is 4.12. The first-order valence-electron chi connectivity index (χ1n) is 8.29. The fraction of sp³-hybridized carbons (Fsp3) is 0.412. The van der Waals surface area contributed by atoms with Gasteiger partial charge in [-0.25, -0.2) is 13.1 Å². The highest BCUT2D eigenvalue weighted by Gasteiger charge is 2.33. The highest BCUT2D eigenvalue weighted by molar-refractivity contribution is 7.89. The Hall–Kier alpha value is -2.19. The summed E-state index contributed by atoms with van der Waals surface area (Å²) in [4.78, 5) is 12.1. The zero-order valence-electron chi connectivity index (χ0n) is 14.0. The topological polar surface area (TPSA) is 81.5 Å². The van der Waals surface area contributed by atoms with Gasteiger partial charge in [0.15, 0.2) is 0 Å². The molecule has 0 amide bonds. The molecule has 1 saturated heterocycles. The maximum absolute atomic E-state index is 12.9. The molecular formula is C17H21N3O4S. The highest BCUT2D eigenvalue weighted by Crippen LogP contribution is 2.25. The minimum Gasteiger partial charge on any atom is -0.466 e. The zero-order chi connectivity index (χ0) is 17.9. The molecule has 2 heterocycles. The summed E-state index contributed by atoms with van der Waals surface area (Å²) in [6, 6.07) is 8.37. The van der Waals surface area contributed by atoms with Crippen LogP contribution in [-0.2, 0) is 19.6 Å². The molecule has 1 aromatic carbocycles. The molecule has 1 fully saturated rings. The summed E-state index contributed by atoms with van der Waals surface area (Å²) in [6.45, 7) is 2.63. The van der Waals surface area contributed by atoms with Gasteiger partial charge in [0.2, 0.25) is 10.0 Å². The molecule has 8 heteroatoms. The van der Waals surface area contributed by atoms with Crippen LogP contribution in [0.4, 0.5) is 0 Å². The van der Waals surface area contributed by atoms with Gasteiger partial charge in [-0.05, 0) is 50.1 Å². The molecule has 2 aromatic rings. The molecule has 0 bridgehead atoms. The van der Waals surface area contributed by atoms with Gasteiger partial charge in [-0.3, -0.25) is 4.79 Å². The van der Waals surface area contributed by atoms with Gasteiger partial charge < -0.3 is 4.74 Å². The Morgan fingerprint density at radius 3 is 2.72 bits per heavy atom. The van der Waals surface area contributed by atoms with Crippen LogP contribution in [0.15, 0.2) is 47.6 Å². The molecule has 0 spiro atoms. The minimum atomic E-state index is -3.63. The van der Waals surface area contributed by atoms with Gasteiger partial charge in [-0.1, -0.05) is 0 Å². The Morgan fingerprint density at radius 1 is 1.32 bits per heavy atom. The van der Waals surface area contributed by atoms with E-state index < -0.39 is 15.9 Å². The van der Waals surface area contributed by atoms with Gasteiger partial charge in [0.05, 0.1) is 23.1 Å². The van der Waals surface area contributed by atoms with Crippen LogP contribution in [0.25, 0.3) is 5.69 Å². The SMILES string of the molecule is CCOC(=O)[C@H]1CCCN(S(=O)(=O)c2ccc(-n3cccn3)cc2)C1. The van der Waals surface area contributed by atoms with E-state index in [-0.39, 0.29) is 17.4 Å². The number of nitrogens with zero attached hydrogens (tertiary/aromatic N) is 3. The molecule has 0 aliphatic carbocycles. The number of benzene rings is 1. The lowest BCUT2D eigenvalue weighted by Gasteiger charge is -2.30. The molecule has 134 valence electrons. The van der Waals surface area contributed by atoms with Crippen molar-refractivity contribution in [3.05, 3.63) is 42.7 Å². The van der Waals surface area contributed by atoms with Gasteiger partial charge in [0.1, 0.15) is 0 Å². The second-order valence-electron chi connectivity index (χ2n) is 5.90. The Labute approximate surface area is 147 Å². The van der Waals surface area contributed by atoms with Gasteiger partial charge in [-0.15, -0.1) is 0 Å². The van der Waals surface area contributed by atoms with Crippen LogP contribution in [0.5, 0.6) is 0 Å². The average Bonchev–Trinajstić information content (AvgIpc) is 3.17. The largest absolute Gasteiger partial charge is 0.466 e. The van der Waals surface area contributed by atoms with Crippen molar-refractivity contribution in [2.45, 2.75) is 24.7 Å². The number of hydrogen-bond acceptors (Lipinski definition) is 5. The molecule has 1 aromatic heterocycles. The predicted octanol–water partition coefficient (Wildman–Crippen LogP) is 1.84. The first-order valence-corrected chi connectivity index (χ1v) is 9.73. The number of hydrogen-bond donors (Lipinski definition) is 0. The number of ether oxygens (including phenoxy) is 1. The van der Waals surface area contributed by atoms with Gasteiger partial charge >= 0.3 is 5.97 Å². The summed E-state index contributed by atoms with van der Waals surface area (Å²) in [5.74, 6) is -0.719. The van der Waals surface area contributed by atoms with Gasteiger partial charge in [0, 0.05) is 25.5 Å².